The summed E-state index contributed by atoms with van der Waals surface area (Å²) in [6, 6.07) is 11.4. The molecule has 1 aromatic rings. The van der Waals surface area contributed by atoms with Gasteiger partial charge in [0.05, 0.1) is 6.10 Å². The first-order valence-corrected chi connectivity index (χ1v) is 6.35. The van der Waals surface area contributed by atoms with Crippen LogP contribution in [0.4, 0.5) is 0 Å². The lowest BCUT2D eigenvalue weighted by Gasteiger charge is -2.34. The van der Waals surface area contributed by atoms with Gasteiger partial charge in [0, 0.05) is 25.7 Å². The highest BCUT2D eigenvalue weighted by Crippen LogP contribution is 2.16. The second-order valence-electron chi connectivity index (χ2n) is 4.67. The molecule has 0 bridgehead atoms. The fourth-order valence-corrected chi connectivity index (χ4v) is 2.43. The zero-order valence-corrected chi connectivity index (χ0v) is 10.6. The molecule has 3 nitrogen and oxygen atoms in total. The van der Waals surface area contributed by atoms with Crippen LogP contribution in [0.5, 0.6) is 0 Å². The molecule has 1 aromatic carbocycles. The van der Waals surface area contributed by atoms with Crippen LogP contribution in [0.3, 0.4) is 0 Å². The fourth-order valence-electron chi connectivity index (χ4n) is 2.43. The number of ether oxygens (including phenoxy) is 1. The highest BCUT2D eigenvalue weighted by molar-refractivity contribution is 5.18. The standard InChI is InChI=1S/C14H22N2O/c1-11(12-6-4-3-5-7-12)16-13-8-9-15-10-14(13)17-2/h3-7,11,13-16H,8-10H2,1-2H3/t11-,13-,14+/m1/s1. The second-order valence-corrected chi connectivity index (χ2v) is 4.67. The molecule has 0 aliphatic carbocycles. The first-order chi connectivity index (χ1) is 8.31. The van der Waals surface area contributed by atoms with Crippen molar-refractivity contribution in [2.75, 3.05) is 20.2 Å². The van der Waals surface area contributed by atoms with E-state index in [1.54, 1.807) is 7.11 Å². The lowest BCUT2D eigenvalue weighted by molar-refractivity contribution is 0.0482. The summed E-state index contributed by atoms with van der Waals surface area (Å²) in [6.45, 7) is 4.22. The molecule has 0 saturated carbocycles. The fraction of sp³-hybridized carbons (Fsp3) is 0.571. The van der Waals surface area contributed by atoms with Gasteiger partial charge in [-0.3, -0.25) is 0 Å². The van der Waals surface area contributed by atoms with Crippen LogP contribution in [0.25, 0.3) is 0 Å². The molecule has 0 aromatic heterocycles. The van der Waals surface area contributed by atoms with Crippen molar-refractivity contribution in [1.29, 1.82) is 0 Å². The first kappa shape index (κ1) is 12.6. The third-order valence-corrected chi connectivity index (χ3v) is 3.49. The molecule has 0 radical (unpaired) electrons. The molecule has 1 aliphatic heterocycles. The van der Waals surface area contributed by atoms with Gasteiger partial charge in [-0.1, -0.05) is 30.3 Å². The average Bonchev–Trinajstić information content (AvgIpc) is 2.40. The average molecular weight is 234 g/mol. The van der Waals surface area contributed by atoms with Gasteiger partial charge in [-0.15, -0.1) is 0 Å². The van der Waals surface area contributed by atoms with Crippen LogP contribution in [0.1, 0.15) is 24.9 Å². The van der Waals surface area contributed by atoms with Crippen molar-refractivity contribution in [2.45, 2.75) is 31.5 Å². The van der Waals surface area contributed by atoms with Crippen molar-refractivity contribution >= 4 is 0 Å². The van der Waals surface area contributed by atoms with E-state index in [9.17, 15) is 0 Å². The Morgan fingerprint density at radius 1 is 1.35 bits per heavy atom. The van der Waals surface area contributed by atoms with Crippen LogP contribution in [0.2, 0.25) is 0 Å². The lowest BCUT2D eigenvalue weighted by atomic mass is 10.0. The smallest absolute Gasteiger partial charge is 0.0848 e. The minimum atomic E-state index is 0.273. The van der Waals surface area contributed by atoms with Crippen molar-refractivity contribution in [3.63, 3.8) is 0 Å². The number of piperidine rings is 1. The van der Waals surface area contributed by atoms with E-state index in [1.165, 1.54) is 5.56 Å². The maximum absolute atomic E-state index is 5.52. The van der Waals surface area contributed by atoms with Crippen molar-refractivity contribution < 1.29 is 4.74 Å². The number of nitrogens with one attached hydrogen (secondary N) is 2. The molecule has 94 valence electrons. The van der Waals surface area contributed by atoms with Gasteiger partial charge in [0.2, 0.25) is 0 Å². The minimum absolute atomic E-state index is 0.273. The zero-order chi connectivity index (χ0) is 12.1. The Bertz CT molecular complexity index is 328. The molecule has 3 heteroatoms. The topological polar surface area (TPSA) is 33.3 Å². The van der Waals surface area contributed by atoms with Crippen LogP contribution in [0, 0.1) is 0 Å². The predicted molar refractivity (Wildman–Crippen MR) is 70.1 cm³/mol. The van der Waals surface area contributed by atoms with Crippen LogP contribution < -0.4 is 10.6 Å². The van der Waals surface area contributed by atoms with Crippen molar-refractivity contribution in [2.24, 2.45) is 0 Å². The Morgan fingerprint density at radius 3 is 2.82 bits per heavy atom. The van der Waals surface area contributed by atoms with E-state index >= 15 is 0 Å². The maximum atomic E-state index is 5.52. The summed E-state index contributed by atoms with van der Waals surface area (Å²) in [4.78, 5) is 0. The Morgan fingerprint density at radius 2 is 2.12 bits per heavy atom. The molecular weight excluding hydrogens is 212 g/mol. The number of hydrogen-bond donors (Lipinski definition) is 2. The summed E-state index contributed by atoms with van der Waals surface area (Å²) in [6.07, 6.45) is 1.39. The van der Waals surface area contributed by atoms with E-state index in [4.69, 9.17) is 4.74 Å². The highest BCUT2D eigenvalue weighted by Gasteiger charge is 2.25. The summed E-state index contributed by atoms with van der Waals surface area (Å²) in [7, 11) is 1.79. The molecule has 1 saturated heterocycles. The van der Waals surface area contributed by atoms with Crippen molar-refractivity contribution in [3.8, 4) is 0 Å². The molecule has 1 fully saturated rings. The number of hydrogen-bond acceptors (Lipinski definition) is 3. The van der Waals surface area contributed by atoms with Gasteiger partial charge in [0.1, 0.15) is 0 Å². The number of benzene rings is 1. The van der Waals surface area contributed by atoms with E-state index in [1.807, 2.05) is 0 Å². The third kappa shape index (κ3) is 3.28. The van der Waals surface area contributed by atoms with Crippen molar-refractivity contribution in [1.82, 2.24) is 10.6 Å². The molecule has 0 spiro atoms. The van der Waals surface area contributed by atoms with Gasteiger partial charge in [-0.05, 0) is 25.5 Å². The number of rotatable bonds is 4. The lowest BCUT2D eigenvalue weighted by Crippen LogP contribution is -2.52. The molecule has 1 heterocycles. The Kier molecular flexibility index (Phi) is 4.54. The van der Waals surface area contributed by atoms with E-state index in [2.05, 4.69) is 47.9 Å². The largest absolute Gasteiger partial charge is 0.379 e. The van der Waals surface area contributed by atoms with E-state index in [0.717, 1.165) is 19.5 Å². The third-order valence-electron chi connectivity index (χ3n) is 3.49. The van der Waals surface area contributed by atoms with Crippen molar-refractivity contribution in [3.05, 3.63) is 35.9 Å². The number of methoxy groups -OCH3 is 1. The van der Waals surface area contributed by atoms with E-state index in [-0.39, 0.29) is 6.10 Å². The molecule has 17 heavy (non-hydrogen) atoms. The van der Waals surface area contributed by atoms with E-state index < -0.39 is 0 Å². The molecular formula is C14H22N2O. The van der Waals surface area contributed by atoms with Gasteiger partial charge < -0.3 is 15.4 Å². The molecule has 2 rings (SSSR count). The van der Waals surface area contributed by atoms with Crippen LogP contribution in [-0.2, 0) is 4.74 Å². The monoisotopic (exact) mass is 234 g/mol. The summed E-state index contributed by atoms with van der Waals surface area (Å²) >= 11 is 0. The van der Waals surface area contributed by atoms with Crippen LogP contribution in [-0.4, -0.2) is 32.3 Å². The highest BCUT2D eigenvalue weighted by atomic mass is 16.5. The summed E-state index contributed by atoms with van der Waals surface area (Å²) in [5.74, 6) is 0. The molecule has 3 atom stereocenters. The first-order valence-electron chi connectivity index (χ1n) is 6.35. The van der Waals surface area contributed by atoms with Gasteiger partial charge in [0.25, 0.3) is 0 Å². The van der Waals surface area contributed by atoms with E-state index in [0.29, 0.717) is 12.1 Å². The maximum Gasteiger partial charge on any atom is 0.0848 e. The van der Waals surface area contributed by atoms with Gasteiger partial charge in [-0.2, -0.15) is 0 Å². The summed E-state index contributed by atoms with van der Waals surface area (Å²) in [5.41, 5.74) is 1.33. The second kappa shape index (κ2) is 6.15. The summed E-state index contributed by atoms with van der Waals surface area (Å²) in [5, 5.41) is 7.03. The summed E-state index contributed by atoms with van der Waals surface area (Å²) < 4.78 is 5.52. The van der Waals surface area contributed by atoms with Gasteiger partial charge >= 0.3 is 0 Å². The Balaban J connectivity index is 1.95. The van der Waals surface area contributed by atoms with Gasteiger partial charge in [0.15, 0.2) is 0 Å². The van der Waals surface area contributed by atoms with Gasteiger partial charge in [-0.25, -0.2) is 0 Å². The Hall–Kier alpha value is -0.900. The van der Waals surface area contributed by atoms with Crippen LogP contribution >= 0.6 is 0 Å². The Labute approximate surface area is 104 Å². The predicted octanol–water partition coefficient (Wildman–Crippen LogP) is 1.71. The minimum Gasteiger partial charge on any atom is -0.379 e. The molecule has 2 N–H and O–H groups in total. The molecule has 0 amide bonds. The SMILES string of the molecule is CO[C@H]1CNCC[C@H]1N[C@H](C)c1ccccc1. The zero-order valence-electron chi connectivity index (χ0n) is 10.6. The normalized spacial score (nSPS) is 26.7. The molecule has 1 aliphatic rings. The van der Waals surface area contributed by atoms with Crippen LogP contribution in [0.15, 0.2) is 30.3 Å². The molecule has 0 unspecified atom stereocenters. The quantitative estimate of drug-likeness (QED) is 0.832.